The highest BCUT2D eigenvalue weighted by molar-refractivity contribution is 6.16. The molecule has 172 valence electrons. The average molecular weight is 454 g/mol. The quantitative estimate of drug-likeness (QED) is 0.340. The van der Waals surface area contributed by atoms with E-state index in [4.69, 9.17) is 9.47 Å². The molecule has 0 fully saturated rings. The zero-order chi connectivity index (χ0) is 24.1. The van der Waals surface area contributed by atoms with Crippen molar-refractivity contribution < 1.29 is 19.1 Å². The molecule has 0 radical (unpaired) electrons. The first kappa shape index (κ1) is 23.1. The lowest BCUT2D eigenvalue weighted by Gasteiger charge is -2.26. The number of esters is 1. The second-order valence-electron chi connectivity index (χ2n) is 8.12. The monoisotopic (exact) mass is 453 g/mol. The van der Waals surface area contributed by atoms with E-state index in [0.29, 0.717) is 23.6 Å². The van der Waals surface area contributed by atoms with E-state index in [1.807, 2.05) is 91.9 Å². The highest BCUT2D eigenvalue weighted by Crippen LogP contribution is 2.37. The lowest BCUT2D eigenvalue weighted by atomic mass is 10.0. The number of hydrogen-bond acceptors (Lipinski definition) is 4. The molecule has 3 aromatic carbocycles. The first-order valence-electron chi connectivity index (χ1n) is 11.2. The van der Waals surface area contributed by atoms with Crippen LogP contribution >= 0.6 is 0 Å². The molecule has 0 saturated carbocycles. The molecule has 3 aromatic rings. The van der Waals surface area contributed by atoms with Crippen LogP contribution in [0, 0.1) is 0 Å². The van der Waals surface area contributed by atoms with E-state index < -0.39 is 5.97 Å². The minimum Gasteiger partial charge on any atom is -0.489 e. The first-order valence-corrected chi connectivity index (χ1v) is 11.2. The van der Waals surface area contributed by atoms with Crippen molar-refractivity contribution in [2.24, 2.45) is 0 Å². The van der Waals surface area contributed by atoms with Crippen molar-refractivity contribution in [2.45, 2.75) is 26.5 Å². The van der Waals surface area contributed by atoms with E-state index in [2.05, 4.69) is 0 Å². The Morgan fingerprint density at radius 1 is 0.971 bits per heavy atom. The third kappa shape index (κ3) is 4.79. The molecule has 0 unspecified atom stereocenters. The summed E-state index contributed by atoms with van der Waals surface area (Å²) >= 11 is 0. The fourth-order valence-electron chi connectivity index (χ4n) is 4.15. The Hall–Kier alpha value is -4.12. The van der Waals surface area contributed by atoms with Crippen molar-refractivity contribution in [3.63, 3.8) is 0 Å². The van der Waals surface area contributed by atoms with Crippen molar-refractivity contribution in [1.82, 2.24) is 4.90 Å². The number of benzene rings is 3. The topological polar surface area (TPSA) is 55.8 Å². The van der Waals surface area contributed by atoms with Gasteiger partial charge < -0.3 is 14.4 Å². The van der Waals surface area contributed by atoms with E-state index in [1.54, 1.807) is 17.9 Å². The van der Waals surface area contributed by atoms with Crippen molar-refractivity contribution in [2.75, 3.05) is 7.11 Å². The lowest BCUT2D eigenvalue weighted by Crippen LogP contribution is -2.28. The Balaban J connectivity index is 1.65. The zero-order valence-electron chi connectivity index (χ0n) is 19.5. The maximum atomic E-state index is 13.5. The molecule has 1 atom stereocenters. The Bertz CT molecular complexity index is 1250. The van der Waals surface area contributed by atoms with E-state index in [9.17, 15) is 9.59 Å². The van der Waals surface area contributed by atoms with Gasteiger partial charge >= 0.3 is 5.97 Å². The zero-order valence-corrected chi connectivity index (χ0v) is 19.5. The van der Waals surface area contributed by atoms with Crippen LogP contribution in [0.5, 0.6) is 5.75 Å². The average Bonchev–Trinajstić information content (AvgIpc) is 3.12. The number of methoxy groups -OCH3 is 1. The number of ether oxygens (including phenoxy) is 2. The molecule has 4 rings (SSSR count). The van der Waals surface area contributed by atoms with E-state index in [-0.39, 0.29) is 17.5 Å². The van der Waals surface area contributed by atoms with E-state index >= 15 is 0 Å². The van der Waals surface area contributed by atoms with Gasteiger partial charge in [0.1, 0.15) is 12.4 Å². The van der Waals surface area contributed by atoms with Crippen LogP contribution in [0.3, 0.4) is 0 Å². The summed E-state index contributed by atoms with van der Waals surface area (Å²) in [7, 11) is 1.33. The van der Waals surface area contributed by atoms with Crippen molar-refractivity contribution >= 4 is 18.0 Å². The maximum Gasteiger partial charge on any atom is 0.340 e. The highest BCUT2D eigenvalue weighted by Gasteiger charge is 2.39. The van der Waals surface area contributed by atoms with E-state index in [0.717, 1.165) is 16.7 Å². The third-order valence-electron chi connectivity index (χ3n) is 5.92. The van der Waals surface area contributed by atoms with E-state index in [1.165, 1.54) is 7.11 Å². The molecule has 1 heterocycles. The molecule has 34 heavy (non-hydrogen) atoms. The Kier molecular flexibility index (Phi) is 6.93. The van der Waals surface area contributed by atoms with Crippen LogP contribution in [0.1, 0.15) is 36.6 Å². The summed E-state index contributed by atoms with van der Waals surface area (Å²) in [6, 6.07) is 26.9. The summed E-state index contributed by atoms with van der Waals surface area (Å²) < 4.78 is 11.0. The molecule has 0 spiro atoms. The molecule has 1 amide bonds. The number of allylic oxidation sites excluding steroid dienone is 1. The van der Waals surface area contributed by atoms with Crippen molar-refractivity contribution in [3.8, 4) is 5.75 Å². The summed E-state index contributed by atoms with van der Waals surface area (Å²) in [5.74, 6) is -0.0836. The van der Waals surface area contributed by atoms with Crippen LogP contribution in [0.4, 0.5) is 0 Å². The number of rotatable bonds is 7. The highest BCUT2D eigenvalue weighted by atomic mass is 16.5. The summed E-state index contributed by atoms with van der Waals surface area (Å²) in [5.41, 5.74) is 3.98. The Labute approximate surface area is 199 Å². The van der Waals surface area contributed by atoms with Crippen LogP contribution in [0.2, 0.25) is 0 Å². The molecule has 0 bridgehead atoms. The van der Waals surface area contributed by atoms with Gasteiger partial charge in [-0.25, -0.2) is 4.79 Å². The summed E-state index contributed by atoms with van der Waals surface area (Å²) in [5, 5.41) is 0. The predicted octanol–water partition coefficient (Wildman–Crippen LogP) is 5.70. The van der Waals surface area contributed by atoms with Gasteiger partial charge in [-0.1, -0.05) is 72.8 Å². The van der Waals surface area contributed by atoms with Crippen molar-refractivity contribution in [3.05, 3.63) is 118 Å². The van der Waals surface area contributed by atoms with Gasteiger partial charge in [0.2, 0.25) is 0 Å². The van der Waals surface area contributed by atoms with Gasteiger partial charge in [0.05, 0.1) is 24.3 Å². The van der Waals surface area contributed by atoms with Crippen LogP contribution in [-0.4, -0.2) is 23.9 Å². The molecule has 1 aliphatic heterocycles. The van der Waals surface area contributed by atoms with Crippen molar-refractivity contribution in [1.29, 1.82) is 0 Å². The van der Waals surface area contributed by atoms with Gasteiger partial charge in [0.15, 0.2) is 0 Å². The molecule has 5 nitrogen and oxygen atoms in total. The number of amides is 1. The first-order chi connectivity index (χ1) is 16.5. The standard InChI is InChI=1S/C29H27NO4/c1-20(24-14-8-5-9-15-24)30-21(2)27(29(32)33-3)26(28(30)31)18-23-13-10-16-25(17-23)34-19-22-11-6-4-7-12-22/h4-18,20H,19H2,1-3H3/b26-18-/t20-/m1/s1. The number of hydrogen-bond donors (Lipinski definition) is 0. The summed E-state index contributed by atoms with van der Waals surface area (Å²) in [4.78, 5) is 27.9. The molecule has 1 aliphatic rings. The minimum atomic E-state index is -0.531. The second-order valence-corrected chi connectivity index (χ2v) is 8.12. The molecule has 0 N–H and O–H groups in total. The smallest absolute Gasteiger partial charge is 0.340 e. The fourth-order valence-corrected chi connectivity index (χ4v) is 4.15. The SMILES string of the molecule is COC(=O)C1=C(C)N([C@H](C)c2ccccc2)C(=O)/C1=C\c1cccc(OCc2ccccc2)c1. The van der Waals surface area contributed by atoms with Crippen LogP contribution in [0.25, 0.3) is 6.08 Å². The lowest BCUT2D eigenvalue weighted by molar-refractivity contribution is -0.136. The van der Waals surface area contributed by atoms with Gasteiger partial charge in [-0.3, -0.25) is 4.79 Å². The second kappa shape index (κ2) is 10.2. The van der Waals surface area contributed by atoms with Gasteiger partial charge in [-0.2, -0.15) is 0 Å². The molecule has 5 heteroatoms. The van der Waals surface area contributed by atoms with Gasteiger partial charge in [-0.15, -0.1) is 0 Å². The predicted molar refractivity (Wildman–Crippen MR) is 132 cm³/mol. The van der Waals surface area contributed by atoms with Gasteiger partial charge in [0, 0.05) is 5.70 Å². The van der Waals surface area contributed by atoms with Crippen LogP contribution < -0.4 is 4.74 Å². The third-order valence-corrected chi connectivity index (χ3v) is 5.92. The molecule has 0 saturated heterocycles. The molecule has 0 aromatic heterocycles. The number of carbonyl (C=O) groups is 2. The minimum absolute atomic E-state index is 0.232. The molecular formula is C29H27NO4. The Morgan fingerprint density at radius 2 is 1.65 bits per heavy atom. The molecule has 0 aliphatic carbocycles. The number of carbonyl (C=O) groups excluding carboxylic acids is 2. The fraction of sp³-hybridized carbons (Fsp3) is 0.172. The molecular weight excluding hydrogens is 426 g/mol. The summed E-state index contributed by atoms with van der Waals surface area (Å²) in [6.45, 7) is 4.17. The maximum absolute atomic E-state index is 13.5. The number of nitrogens with zero attached hydrogens (tertiary/aromatic N) is 1. The summed E-state index contributed by atoms with van der Waals surface area (Å²) in [6.07, 6.45) is 1.73. The largest absolute Gasteiger partial charge is 0.489 e. The normalized spacial score (nSPS) is 15.6. The van der Waals surface area contributed by atoms with Crippen LogP contribution in [0.15, 0.2) is 102 Å². The van der Waals surface area contributed by atoms with Crippen LogP contribution in [-0.2, 0) is 20.9 Å². The van der Waals surface area contributed by atoms with Gasteiger partial charge in [-0.05, 0) is 48.7 Å². The Morgan fingerprint density at radius 3 is 2.32 bits per heavy atom. The van der Waals surface area contributed by atoms with Gasteiger partial charge in [0.25, 0.3) is 5.91 Å².